The van der Waals surface area contributed by atoms with Crippen LogP contribution in [0.25, 0.3) is 5.76 Å². The maximum absolute atomic E-state index is 14.5. The standard InChI is InChI=1S/C34H46O9/c1-16(2)20-13-19(11-10-12-22(42-8)43-9)27(36)24-21(20)14-32(6)15-33(7)25(17(3)4)28(37)23(18(5)35)30(39)34(33,41)31(40)26(32)29(24)38/h13,16-17,22,25,36,38-39,41H,10-12,14-15H2,1-9H3/t25?,32-,33-,34+/m1/s1. The van der Waals surface area contributed by atoms with E-state index in [1.165, 1.54) is 0 Å². The van der Waals surface area contributed by atoms with Crippen molar-refractivity contribution < 1.29 is 44.3 Å². The molecule has 4 rings (SSSR count). The molecule has 0 aromatic heterocycles. The fourth-order valence-corrected chi connectivity index (χ4v) is 8.37. The summed E-state index contributed by atoms with van der Waals surface area (Å²) in [6.45, 7) is 12.2. The van der Waals surface area contributed by atoms with Crippen molar-refractivity contribution in [2.45, 2.75) is 98.4 Å². The minimum absolute atomic E-state index is 0.0216. The molecule has 0 radical (unpaired) electrons. The molecule has 1 saturated carbocycles. The van der Waals surface area contributed by atoms with E-state index in [1.807, 2.05) is 26.8 Å². The molecule has 3 aliphatic carbocycles. The van der Waals surface area contributed by atoms with Gasteiger partial charge in [0.15, 0.2) is 23.5 Å². The van der Waals surface area contributed by atoms with Crippen molar-refractivity contribution in [1.29, 1.82) is 0 Å². The van der Waals surface area contributed by atoms with Crippen molar-refractivity contribution in [2.75, 3.05) is 14.2 Å². The van der Waals surface area contributed by atoms with Crippen LogP contribution in [-0.4, -0.2) is 63.9 Å². The molecule has 1 aromatic rings. The number of aliphatic hydroxyl groups excluding tert-OH is 2. The van der Waals surface area contributed by atoms with Gasteiger partial charge in [-0.25, -0.2) is 0 Å². The van der Waals surface area contributed by atoms with Gasteiger partial charge in [-0.15, -0.1) is 0 Å². The van der Waals surface area contributed by atoms with Crippen molar-refractivity contribution in [3.05, 3.63) is 45.2 Å². The first-order valence-electron chi connectivity index (χ1n) is 15.1. The number of phenolic OH excluding ortho intramolecular Hbond substituents is 1. The molecule has 9 heteroatoms. The van der Waals surface area contributed by atoms with E-state index in [4.69, 9.17) is 9.47 Å². The minimum atomic E-state index is -2.62. The predicted octanol–water partition coefficient (Wildman–Crippen LogP) is 5.25. The molecule has 1 fully saturated rings. The fourth-order valence-electron chi connectivity index (χ4n) is 8.37. The SMILES string of the molecule is COC(CCCc1cc(C(C)C)c2c(c1O)C(O)=C1C(=O)[C@@]3(O)C(O)=C(C(C)=O)C(=O)C(C(C)C)[C@@]3(C)C[C@@]1(C)C2)OC. The van der Waals surface area contributed by atoms with Gasteiger partial charge in [-0.05, 0) is 67.6 Å². The van der Waals surface area contributed by atoms with Crippen LogP contribution in [0.15, 0.2) is 23.0 Å². The Kier molecular flexibility index (Phi) is 8.54. The number of benzene rings is 1. The lowest BCUT2D eigenvalue weighted by molar-refractivity contribution is -0.178. The Morgan fingerprint density at radius 3 is 2.19 bits per heavy atom. The van der Waals surface area contributed by atoms with Gasteiger partial charge in [-0.3, -0.25) is 14.4 Å². The van der Waals surface area contributed by atoms with Crippen LogP contribution >= 0.6 is 0 Å². The molecule has 1 aromatic carbocycles. The predicted molar refractivity (Wildman–Crippen MR) is 161 cm³/mol. The number of phenols is 1. The van der Waals surface area contributed by atoms with Crippen LogP contribution in [0.3, 0.4) is 0 Å². The summed E-state index contributed by atoms with van der Waals surface area (Å²) < 4.78 is 10.6. The van der Waals surface area contributed by atoms with Crippen molar-refractivity contribution in [3.8, 4) is 5.75 Å². The summed E-state index contributed by atoms with van der Waals surface area (Å²) in [5.74, 6) is -5.15. The second-order valence-electron chi connectivity index (χ2n) is 13.7. The van der Waals surface area contributed by atoms with Crippen molar-refractivity contribution in [1.82, 2.24) is 0 Å². The number of aliphatic hydroxyl groups is 3. The van der Waals surface area contributed by atoms with Gasteiger partial charge in [-0.1, -0.05) is 47.6 Å². The lowest BCUT2D eigenvalue weighted by Crippen LogP contribution is -2.69. The molecule has 0 amide bonds. The Labute approximate surface area is 253 Å². The Morgan fingerprint density at radius 1 is 1.07 bits per heavy atom. The van der Waals surface area contributed by atoms with Gasteiger partial charge in [0, 0.05) is 36.5 Å². The van der Waals surface area contributed by atoms with E-state index in [1.54, 1.807) is 35.0 Å². The first-order valence-corrected chi connectivity index (χ1v) is 15.1. The van der Waals surface area contributed by atoms with Gasteiger partial charge >= 0.3 is 0 Å². The number of ether oxygens (including phenoxy) is 2. The quantitative estimate of drug-likeness (QED) is 0.221. The third-order valence-corrected chi connectivity index (χ3v) is 10.2. The van der Waals surface area contributed by atoms with Crippen molar-refractivity contribution in [3.63, 3.8) is 0 Å². The highest BCUT2D eigenvalue weighted by Crippen LogP contribution is 2.65. The van der Waals surface area contributed by atoms with Crippen molar-refractivity contribution in [2.24, 2.45) is 22.7 Å². The number of Topliss-reactive ketones (excluding diaryl/α,β-unsaturated/α-hetero) is 3. The molecule has 0 heterocycles. The highest BCUT2D eigenvalue weighted by atomic mass is 16.7. The Balaban J connectivity index is 1.97. The molecule has 1 unspecified atom stereocenters. The van der Waals surface area contributed by atoms with Crippen LogP contribution in [0.4, 0.5) is 0 Å². The van der Waals surface area contributed by atoms with E-state index >= 15 is 0 Å². The van der Waals surface area contributed by atoms with E-state index in [-0.39, 0.29) is 41.6 Å². The molecule has 0 saturated heterocycles. The van der Waals surface area contributed by atoms with E-state index in [9.17, 15) is 34.8 Å². The van der Waals surface area contributed by atoms with Crippen LogP contribution in [0.1, 0.15) is 95.9 Å². The third-order valence-electron chi connectivity index (χ3n) is 10.2. The van der Waals surface area contributed by atoms with Gasteiger partial charge in [0.05, 0.1) is 5.56 Å². The Morgan fingerprint density at radius 2 is 1.67 bits per heavy atom. The van der Waals surface area contributed by atoms with Crippen LogP contribution in [0.5, 0.6) is 5.75 Å². The average molecular weight is 599 g/mol. The number of fused-ring (bicyclic) bond motifs is 3. The molecular formula is C34H46O9. The number of carbonyl (C=O) groups is 3. The maximum Gasteiger partial charge on any atom is 0.203 e. The lowest BCUT2D eigenvalue weighted by atomic mass is 9.43. The van der Waals surface area contributed by atoms with Gasteiger partial charge in [0.25, 0.3) is 0 Å². The van der Waals surface area contributed by atoms with Gasteiger partial charge in [-0.2, -0.15) is 0 Å². The minimum Gasteiger partial charge on any atom is -0.508 e. The summed E-state index contributed by atoms with van der Waals surface area (Å²) in [6, 6.07) is 1.95. The zero-order valence-corrected chi connectivity index (χ0v) is 26.8. The number of aromatic hydroxyl groups is 1. The second-order valence-corrected chi connectivity index (χ2v) is 13.7. The Hall–Kier alpha value is -3.01. The summed E-state index contributed by atoms with van der Waals surface area (Å²) >= 11 is 0. The highest BCUT2D eigenvalue weighted by Gasteiger charge is 2.72. The molecule has 236 valence electrons. The second kappa shape index (κ2) is 11.2. The first kappa shape index (κ1) is 32.9. The van der Waals surface area contributed by atoms with Crippen LogP contribution < -0.4 is 0 Å². The Bertz CT molecular complexity index is 1430. The molecule has 3 aliphatic rings. The lowest BCUT2D eigenvalue weighted by Gasteiger charge is -2.60. The molecular weight excluding hydrogens is 552 g/mol. The van der Waals surface area contributed by atoms with E-state index < -0.39 is 63.1 Å². The molecule has 9 nitrogen and oxygen atoms in total. The molecule has 0 bridgehead atoms. The van der Waals surface area contributed by atoms with Gasteiger partial charge < -0.3 is 29.9 Å². The number of carbonyl (C=O) groups excluding carboxylic acids is 3. The van der Waals surface area contributed by atoms with Gasteiger partial charge in [0.2, 0.25) is 5.78 Å². The zero-order chi connectivity index (χ0) is 32.4. The van der Waals surface area contributed by atoms with Crippen LogP contribution in [-0.2, 0) is 36.7 Å². The van der Waals surface area contributed by atoms with Gasteiger partial charge in [0.1, 0.15) is 22.8 Å². The first-order chi connectivity index (χ1) is 19.9. The molecule has 0 aliphatic heterocycles. The number of hydrogen-bond donors (Lipinski definition) is 4. The van der Waals surface area contributed by atoms with Crippen LogP contribution in [0.2, 0.25) is 0 Å². The largest absolute Gasteiger partial charge is 0.508 e. The summed E-state index contributed by atoms with van der Waals surface area (Å²) in [5, 5.41) is 47.0. The summed E-state index contributed by atoms with van der Waals surface area (Å²) in [5.41, 5.74) is -3.47. The smallest absolute Gasteiger partial charge is 0.203 e. The number of ketones is 3. The molecule has 4 atom stereocenters. The fraction of sp³-hybridized carbons (Fsp3) is 0.618. The van der Waals surface area contributed by atoms with E-state index in [2.05, 4.69) is 0 Å². The van der Waals surface area contributed by atoms with E-state index in [0.29, 0.717) is 30.4 Å². The van der Waals surface area contributed by atoms with Crippen LogP contribution in [0, 0.1) is 22.7 Å². The number of rotatable bonds is 9. The summed E-state index contributed by atoms with van der Waals surface area (Å²) in [4.78, 5) is 40.8. The monoisotopic (exact) mass is 598 g/mol. The number of allylic oxidation sites excluding steroid dienone is 1. The topological polar surface area (TPSA) is 151 Å². The number of methoxy groups -OCH3 is 2. The number of hydrogen-bond acceptors (Lipinski definition) is 9. The molecule has 43 heavy (non-hydrogen) atoms. The average Bonchev–Trinajstić information content (AvgIpc) is 2.89. The highest BCUT2D eigenvalue weighted by molar-refractivity contribution is 6.24. The zero-order valence-electron chi connectivity index (χ0n) is 26.8. The summed E-state index contributed by atoms with van der Waals surface area (Å²) in [7, 11) is 3.11. The maximum atomic E-state index is 14.5. The number of aryl methyl sites for hydroxylation is 1. The van der Waals surface area contributed by atoms with Crippen molar-refractivity contribution >= 4 is 23.1 Å². The summed E-state index contributed by atoms with van der Waals surface area (Å²) in [6.07, 6.45) is 1.60. The molecule has 4 N–H and O–H groups in total. The molecule has 0 spiro atoms. The normalized spacial score (nSPS) is 29.0. The third kappa shape index (κ3) is 4.66. The van der Waals surface area contributed by atoms with E-state index in [0.717, 1.165) is 12.5 Å².